The van der Waals surface area contributed by atoms with Gasteiger partial charge in [0.1, 0.15) is 5.82 Å². The summed E-state index contributed by atoms with van der Waals surface area (Å²) in [6.45, 7) is 0. The molecule has 0 saturated carbocycles. The minimum absolute atomic E-state index is 0.314. The predicted molar refractivity (Wildman–Crippen MR) is 84.8 cm³/mol. The van der Waals surface area contributed by atoms with Crippen LogP contribution < -0.4 is 0 Å². The Hall–Kier alpha value is -3.08. The van der Waals surface area contributed by atoms with Gasteiger partial charge in [-0.25, -0.2) is 9.07 Å². The minimum atomic E-state index is -0.314. The third-order valence-electron chi connectivity index (χ3n) is 3.23. The first-order valence-electron chi connectivity index (χ1n) is 6.68. The standard InChI is InChI=1S/C9H7N.C8H5FN2O/c1-2-6-9-8(4-1)5-3-7-10-9;9-7-1-2-8-6(5-7)3-4-11(8)10-12/h1-7H;1-5H. The highest BCUT2D eigenvalue weighted by Gasteiger charge is 2.00. The summed E-state index contributed by atoms with van der Waals surface area (Å²) in [7, 11) is 0. The lowest BCUT2D eigenvalue weighted by Gasteiger charge is -1.91. The van der Waals surface area contributed by atoms with E-state index in [-0.39, 0.29) is 5.82 Å². The fraction of sp³-hybridized carbons (Fsp3) is 0. The first-order chi connectivity index (χ1) is 10.8. The van der Waals surface area contributed by atoms with Crippen LogP contribution in [-0.4, -0.2) is 9.66 Å². The van der Waals surface area contributed by atoms with Crippen molar-refractivity contribution >= 4 is 21.8 Å². The van der Waals surface area contributed by atoms with Crippen LogP contribution >= 0.6 is 0 Å². The number of nitrogens with zero attached hydrogens (tertiary/aromatic N) is 3. The molecule has 0 saturated heterocycles. The third-order valence-corrected chi connectivity index (χ3v) is 3.23. The molecule has 0 amide bonds. The van der Waals surface area contributed by atoms with Crippen molar-refractivity contribution in [3.8, 4) is 0 Å². The quantitative estimate of drug-likeness (QED) is 0.483. The van der Waals surface area contributed by atoms with Crippen LogP contribution in [0.15, 0.2) is 78.3 Å². The maximum atomic E-state index is 12.6. The molecule has 0 unspecified atom stereocenters. The van der Waals surface area contributed by atoms with E-state index >= 15 is 0 Å². The van der Waals surface area contributed by atoms with E-state index in [4.69, 9.17) is 0 Å². The summed E-state index contributed by atoms with van der Waals surface area (Å²) in [6, 6.07) is 17.9. The van der Waals surface area contributed by atoms with Crippen LogP contribution in [0, 0.1) is 10.7 Å². The normalized spacial score (nSPS) is 10.2. The van der Waals surface area contributed by atoms with Crippen molar-refractivity contribution in [2.24, 2.45) is 5.29 Å². The molecule has 22 heavy (non-hydrogen) atoms. The van der Waals surface area contributed by atoms with E-state index in [2.05, 4.69) is 22.4 Å². The van der Waals surface area contributed by atoms with Crippen LogP contribution in [0.1, 0.15) is 0 Å². The van der Waals surface area contributed by atoms with Gasteiger partial charge in [-0.2, -0.15) is 0 Å². The SMILES string of the molecule is O=Nn1ccc2cc(F)ccc21.c1ccc2ncccc2c1. The molecular formula is C17H12FN3O. The molecule has 0 aliphatic rings. The van der Waals surface area contributed by atoms with Crippen LogP contribution in [0.4, 0.5) is 4.39 Å². The lowest BCUT2D eigenvalue weighted by atomic mass is 10.2. The lowest BCUT2D eigenvalue weighted by molar-refractivity contribution is 0.629. The van der Waals surface area contributed by atoms with Crippen LogP contribution in [0.25, 0.3) is 21.8 Å². The second kappa shape index (κ2) is 6.13. The van der Waals surface area contributed by atoms with Gasteiger partial charge < -0.3 is 0 Å². The van der Waals surface area contributed by atoms with E-state index in [0.29, 0.717) is 10.9 Å². The minimum Gasteiger partial charge on any atom is -0.256 e. The van der Waals surface area contributed by atoms with Gasteiger partial charge >= 0.3 is 0 Å². The molecule has 4 rings (SSSR count). The zero-order valence-electron chi connectivity index (χ0n) is 11.6. The largest absolute Gasteiger partial charge is 0.256 e. The van der Waals surface area contributed by atoms with E-state index in [1.807, 2.05) is 30.5 Å². The van der Waals surface area contributed by atoms with Crippen molar-refractivity contribution in [2.45, 2.75) is 0 Å². The Bertz CT molecular complexity index is 868. The molecule has 5 heteroatoms. The third kappa shape index (κ3) is 2.83. The maximum Gasteiger partial charge on any atom is 0.123 e. The Morgan fingerprint density at radius 2 is 1.77 bits per heavy atom. The van der Waals surface area contributed by atoms with Gasteiger partial charge in [0.2, 0.25) is 0 Å². The number of benzene rings is 2. The fourth-order valence-corrected chi connectivity index (χ4v) is 2.19. The Labute approximate surface area is 125 Å². The fourth-order valence-electron chi connectivity index (χ4n) is 2.19. The van der Waals surface area contributed by atoms with Crippen LogP contribution in [0.2, 0.25) is 0 Å². The van der Waals surface area contributed by atoms with E-state index in [9.17, 15) is 9.30 Å². The number of rotatable bonds is 1. The molecule has 2 aromatic heterocycles. The molecule has 4 aromatic rings. The number of hydrogen-bond donors (Lipinski definition) is 0. The summed E-state index contributed by atoms with van der Waals surface area (Å²) in [5.74, 6) is -0.314. The molecule has 0 aliphatic heterocycles. The highest BCUT2D eigenvalue weighted by atomic mass is 19.1. The first-order valence-corrected chi connectivity index (χ1v) is 6.68. The topological polar surface area (TPSA) is 47.2 Å². The average Bonchev–Trinajstić information content (AvgIpc) is 2.97. The number of halogens is 1. The van der Waals surface area contributed by atoms with Crippen molar-refractivity contribution in [3.05, 3.63) is 83.8 Å². The number of fused-ring (bicyclic) bond motifs is 2. The van der Waals surface area contributed by atoms with Gasteiger partial charge in [-0.15, -0.1) is 4.91 Å². The molecule has 0 radical (unpaired) electrons. The molecule has 0 aliphatic carbocycles. The Kier molecular flexibility index (Phi) is 3.87. The lowest BCUT2D eigenvalue weighted by Crippen LogP contribution is -1.82. The number of para-hydroxylation sites is 1. The van der Waals surface area contributed by atoms with E-state index < -0.39 is 0 Å². The molecule has 0 N–H and O–H groups in total. The smallest absolute Gasteiger partial charge is 0.123 e. The van der Waals surface area contributed by atoms with Gasteiger partial charge in [-0.3, -0.25) is 4.98 Å². The summed E-state index contributed by atoms with van der Waals surface area (Å²) < 4.78 is 13.8. The molecule has 2 aromatic carbocycles. The summed E-state index contributed by atoms with van der Waals surface area (Å²) >= 11 is 0. The molecule has 108 valence electrons. The maximum absolute atomic E-state index is 12.6. The molecule has 0 fully saturated rings. The molecule has 0 bridgehead atoms. The summed E-state index contributed by atoms with van der Waals surface area (Å²) in [6.07, 6.45) is 3.30. The van der Waals surface area contributed by atoms with Gasteiger partial charge in [-0.05, 0) is 36.4 Å². The first kappa shape index (κ1) is 13.9. The Balaban J connectivity index is 0.000000133. The zero-order valence-corrected chi connectivity index (χ0v) is 11.6. The van der Waals surface area contributed by atoms with Gasteiger partial charge in [0, 0.05) is 23.2 Å². The molecular weight excluding hydrogens is 281 g/mol. The highest BCUT2D eigenvalue weighted by molar-refractivity contribution is 5.80. The van der Waals surface area contributed by atoms with E-state index in [1.165, 1.54) is 29.8 Å². The van der Waals surface area contributed by atoms with E-state index in [1.54, 1.807) is 6.07 Å². The van der Waals surface area contributed by atoms with Crippen molar-refractivity contribution in [3.63, 3.8) is 0 Å². The number of pyridine rings is 1. The Morgan fingerprint density at radius 3 is 2.59 bits per heavy atom. The average molecular weight is 293 g/mol. The molecule has 0 atom stereocenters. The number of aromatic nitrogens is 2. The van der Waals surface area contributed by atoms with E-state index in [0.717, 1.165) is 10.2 Å². The van der Waals surface area contributed by atoms with Gasteiger partial charge in [0.15, 0.2) is 0 Å². The number of hydrogen-bond acceptors (Lipinski definition) is 3. The second-order valence-electron chi connectivity index (χ2n) is 4.64. The zero-order chi connectivity index (χ0) is 15.4. The monoisotopic (exact) mass is 293 g/mol. The molecule has 0 spiro atoms. The van der Waals surface area contributed by atoms with Gasteiger partial charge in [0.05, 0.1) is 16.3 Å². The summed E-state index contributed by atoms with van der Waals surface area (Å²) in [4.78, 5) is 14.4. The predicted octanol–water partition coefficient (Wildman–Crippen LogP) is 4.54. The molecule has 2 heterocycles. The number of nitroso groups, excluding NO2 is 1. The van der Waals surface area contributed by atoms with Crippen molar-refractivity contribution in [2.75, 3.05) is 0 Å². The van der Waals surface area contributed by atoms with Crippen LogP contribution in [-0.2, 0) is 0 Å². The summed E-state index contributed by atoms with van der Waals surface area (Å²) in [5, 5.41) is 4.61. The summed E-state index contributed by atoms with van der Waals surface area (Å²) in [5.41, 5.74) is 1.68. The van der Waals surface area contributed by atoms with Crippen molar-refractivity contribution in [1.29, 1.82) is 0 Å². The van der Waals surface area contributed by atoms with Gasteiger partial charge in [0.25, 0.3) is 0 Å². The van der Waals surface area contributed by atoms with Crippen molar-refractivity contribution in [1.82, 2.24) is 9.66 Å². The van der Waals surface area contributed by atoms with Crippen LogP contribution in [0.5, 0.6) is 0 Å². The second-order valence-corrected chi connectivity index (χ2v) is 4.64. The van der Waals surface area contributed by atoms with Gasteiger partial charge in [-0.1, -0.05) is 24.3 Å². The molecule has 4 nitrogen and oxygen atoms in total. The Morgan fingerprint density at radius 1 is 0.955 bits per heavy atom. The highest BCUT2D eigenvalue weighted by Crippen LogP contribution is 2.16. The van der Waals surface area contributed by atoms with Crippen molar-refractivity contribution < 1.29 is 4.39 Å². The van der Waals surface area contributed by atoms with Crippen LogP contribution in [0.3, 0.4) is 0 Å².